The van der Waals surface area contributed by atoms with Gasteiger partial charge in [-0.05, 0) is 25.0 Å². The first-order valence-corrected chi connectivity index (χ1v) is 5.44. The van der Waals surface area contributed by atoms with Crippen LogP contribution < -0.4 is 10.1 Å². The Hall–Kier alpha value is -0.770. The highest BCUT2D eigenvalue weighted by Gasteiger charge is 2.21. The van der Waals surface area contributed by atoms with Gasteiger partial charge in [0, 0.05) is 12.6 Å². The Bertz CT molecular complexity index is 290. The first kappa shape index (κ1) is 13.3. The number of nitrogens with one attached hydrogen (secondary N) is 1. The molecule has 1 aliphatic carbocycles. The first-order chi connectivity index (χ1) is 7.34. The molecule has 0 amide bonds. The van der Waals surface area contributed by atoms with E-state index in [1.807, 2.05) is 30.3 Å². The maximum atomic E-state index is 9.60. The van der Waals surface area contributed by atoms with Crippen molar-refractivity contribution in [1.82, 2.24) is 5.32 Å². The van der Waals surface area contributed by atoms with Crippen molar-refractivity contribution >= 4 is 12.4 Å². The summed E-state index contributed by atoms with van der Waals surface area (Å²) in [5, 5.41) is 12.9. The van der Waals surface area contributed by atoms with Gasteiger partial charge in [-0.1, -0.05) is 18.2 Å². The maximum absolute atomic E-state index is 9.60. The lowest BCUT2D eigenvalue weighted by Crippen LogP contribution is -2.32. The molecule has 0 aromatic heterocycles. The van der Waals surface area contributed by atoms with Gasteiger partial charge < -0.3 is 15.2 Å². The van der Waals surface area contributed by atoms with Crippen molar-refractivity contribution in [2.45, 2.75) is 25.0 Å². The highest BCUT2D eigenvalue weighted by atomic mass is 35.5. The highest BCUT2D eigenvalue weighted by Crippen LogP contribution is 2.18. The van der Waals surface area contributed by atoms with Crippen molar-refractivity contribution in [3.8, 4) is 5.75 Å². The van der Waals surface area contributed by atoms with Gasteiger partial charge in [0.25, 0.3) is 0 Å². The Morgan fingerprint density at radius 1 is 1.31 bits per heavy atom. The first-order valence-electron chi connectivity index (χ1n) is 5.44. The third kappa shape index (κ3) is 4.84. The van der Waals surface area contributed by atoms with Crippen LogP contribution in [0.1, 0.15) is 12.8 Å². The van der Waals surface area contributed by atoms with E-state index in [9.17, 15) is 5.11 Å². The van der Waals surface area contributed by atoms with Crippen LogP contribution in [0.2, 0.25) is 0 Å². The van der Waals surface area contributed by atoms with Gasteiger partial charge in [0.2, 0.25) is 0 Å². The summed E-state index contributed by atoms with van der Waals surface area (Å²) < 4.78 is 5.43. The van der Waals surface area contributed by atoms with Crippen LogP contribution in [0.5, 0.6) is 5.75 Å². The normalized spacial score (nSPS) is 16.3. The second-order valence-electron chi connectivity index (χ2n) is 3.96. The van der Waals surface area contributed by atoms with Gasteiger partial charge in [0.15, 0.2) is 0 Å². The van der Waals surface area contributed by atoms with Crippen molar-refractivity contribution in [3.05, 3.63) is 30.3 Å². The summed E-state index contributed by atoms with van der Waals surface area (Å²) in [5.41, 5.74) is 0. The van der Waals surface area contributed by atoms with Crippen LogP contribution in [0.15, 0.2) is 30.3 Å². The number of halogens is 1. The molecular weight excluding hydrogens is 226 g/mol. The lowest BCUT2D eigenvalue weighted by atomic mass is 10.3. The molecule has 3 nitrogen and oxygen atoms in total. The van der Waals surface area contributed by atoms with Gasteiger partial charge in [-0.15, -0.1) is 12.4 Å². The summed E-state index contributed by atoms with van der Waals surface area (Å²) in [7, 11) is 0. The van der Waals surface area contributed by atoms with E-state index >= 15 is 0 Å². The zero-order valence-corrected chi connectivity index (χ0v) is 9.95. The second-order valence-corrected chi connectivity index (χ2v) is 3.96. The molecule has 0 spiro atoms. The van der Waals surface area contributed by atoms with E-state index < -0.39 is 6.10 Å². The number of ether oxygens (including phenoxy) is 1. The molecular formula is C12H18ClNO2. The lowest BCUT2D eigenvalue weighted by Gasteiger charge is -2.12. The maximum Gasteiger partial charge on any atom is 0.119 e. The lowest BCUT2D eigenvalue weighted by molar-refractivity contribution is 0.106. The van der Waals surface area contributed by atoms with Gasteiger partial charge in [-0.3, -0.25) is 0 Å². The van der Waals surface area contributed by atoms with E-state index in [0.717, 1.165) is 5.75 Å². The number of aliphatic hydroxyl groups excluding tert-OH is 1. The van der Waals surface area contributed by atoms with Crippen LogP contribution in [0.3, 0.4) is 0 Å². The summed E-state index contributed by atoms with van der Waals surface area (Å²) in [6, 6.07) is 10.2. The van der Waals surface area contributed by atoms with Gasteiger partial charge in [0.05, 0.1) is 0 Å². The molecule has 1 atom stereocenters. The molecule has 16 heavy (non-hydrogen) atoms. The molecule has 1 fully saturated rings. The Balaban J connectivity index is 0.00000128. The molecule has 0 aliphatic heterocycles. The summed E-state index contributed by atoms with van der Waals surface area (Å²) >= 11 is 0. The van der Waals surface area contributed by atoms with Crippen molar-refractivity contribution in [2.24, 2.45) is 0 Å². The van der Waals surface area contributed by atoms with Crippen LogP contribution in [-0.2, 0) is 0 Å². The van der Waals surface area contributed by atoms with Crippen molar-refractivity contribution < 1.29 is 9.84 Å². The monoisotopic (exact) mass is 243 g/mol. The van der Waals surface area contributed by atoms with E-state index in [1.165, 1.54) is 12.8 Å². The third-order valence-corrected chi connectivity index (χ3v) is 2.41. The van der Waals surface area contributed by atoms with Gasteiger partial charge in [-0.25, -0.2) is 0 Å². The molecule has 1 aromatic rings. The van der Waals surface area contributed by atoms with Crippen molar-refractivity contribution in [1.29, 1.82) is 0 Å². The Morgan fingerprint density at radius 3 is 2.62 bits per heavy atom. The van der Waals surface area contributed by atoms with E-state index in [2.05, 4.69) is 5.32 Å². The van der Waals surface area contributed by atoms with Crippen LogP contribution in [0.25, 0.3) is 0 Å². The Labute approximate surface area is 102 Å². The van der Waals surface area contributed by atoms with E-state index in [4.69, 9.17) is 4.74 Å². The predicted octanol–water partition coefficient (Wildman–Crippen LogP) is 1.60. The molecule has 0 bridgehead atoms. The molecule has 0 saturated heterocycles. The number of para-hydroxylation sites is 1. The van der Waals surface area contributed by atoms with Gasteiger partial charge >= 0.3 is 0 Å². The fourth-order valence-corrected chi connectivity index (χ4v) is 1.36. The minimum atomic E-state index is -0.425. The SMILES string of the molecule is Cl.OC(CNC1CC1)COc1ccccc1. The molecule has 90 valence electrons. The molecule has 1 saturated carbocycles. The number of hydrogen-bond acceptors (Lipinski definition) is 3. The number of aliphatic hydroxyl groups is 1. The van der Waals surface area contributed by atoms with Crippen LogP contribution >= 0.6 is 12.4 Å². The average molecular weight is 244 g/mol. The molecule has 2 rings (SSSR count). The summed E-state index contributed by atoms with van der Waals surface area (Å²) in [4.78, 5) is 0. The highest BCUT2D eigenvalue weighted by molar-refractivity contribution is 5.85. The van der Waals surface area contributed by atoms with Crippen molar-refractivity contribution in [3.63, 3.8) is 0 Å². The standard InChI is InChI=1S/C12H17NO2.ClH/c14-11(8-13-10-6-7-10)9-15-12-4-2-1-3-5-12;/h1-5,10-11,13-14H,6-9H2;1H. The minimum Gasteiger partial charge on any atom is -0.491 e. The average Bonchev–Trinajstić information content (AvgIpc) is 3.09. The fourth-order valence-electron chi connectivity index (χ4n) is 1.36. The Kier molecular flexibility index (Phi) is 5.60. The number of benzene rings is 1. The molecule has 1 unspecified atom stereocenters. The molecule has 4 heteroatoms. The number of hydrogen-bond donors (Lipinski definition) is 2. The van der Waals surface area contributed by atoms with E-state index in [1.54, 1.807) is 0 Å². The smallest absolute Gasteiger partial charge is 0.119 e. The molecule has 1 aliphatic rings. The van der Waals surface area contributed by atoms with Crippen LogP contribution in [0, 0.1) is 0 Å². The largest absolute Gasteiger partial charge is 0.491 e. The topological polar surface area (TPSA) is 41.5 Å². The number of rotatable bonds is 6. The molecule has 0 heterocycles. The zero-order chi connectivity index (χ0) is 10.5. The fraction of sp³-hybridized carbons (Fsp3) is 0.500. The summed E-state index contributed by atoms with van der Waals surface area (Å²) in [6.45, 7) is 0.973. The molecule has 0 radical (unpaired) electrons. The van der Waals surface area contributed by atoms with Crippen molar-refractivity contribution in [2.75, 3.05) is 13.2 Å². The van der Waals surface area contributed by atoms with Crippen LogP contribution in [-0.4, -0.2) is 30.4 Å². The van der Waals surface area contributed by atoms with Crippen LogP contribution in [0.4, 0.5) is 0 Å². The van der Waals surface area contributed by atoms with Gasteiger partial charge in [-0.2, -0.15) is 0 Å². The van der Waals surface area contributed by atoms with E-state index in [0.29, 0.717) is 19.2 Å². The Morgan fingerprint density at radius 2 is 2.00 bits per heavy atom. The molecule has 2 N–H and O–H groups in total. The summed E-state index contributed by atoms with van der Waals surface area (Å²) in [5.74, 6) is 0.808. The zero-order valence-electron chi connectivity index (χ0n) is 9.13. The van der Waals surface area contributed by atoms with Gasteiger partial charge in [0.1, 0.15) is 18.5 Å². The third-order valence-electron chi connectivity index (χ3n) is 2.41. The summed E-state index contributed by atoms with van der Waals surface area (Å²) in [6.07, 6.45) is 2.06. The molecule has 1 aromatic carbocycles. The second kappa shape index (κ2) is 6.74. The van der Waals surface area contributed by atoms with E-state index in [-0.39, 0.29) is 12.4 Å². The predicted molar refractivity (Wildman–Crippen MR) is 66.2 cm³/mol. The minimum absolute atomic E-state index is 0. The quantitative estimate of drug-likeness (QED) is 0.798.